The maximum absolute atomic E-state index is 5.60. The molecule has 0 unspecified atom stereocenters. The summed E-state index contributed by atoms with van der Waals surface area (Å²) in [5.41, 5.74) is 0.103. The molecular formula is C8H20OSi. The van der Waals surface area contributed by atoms with Crippen LogP contribution in [-0.2, 0) is 4.43 Å². The van der Waals surface area contributed by atoms with Gasteiger partial charge in [0.1, 0.15) is 10.5 Å². The summed E-state index contributed by atoms with van der Waals surface area (Å²) >= 11 is 0. The van der Waals surface area contributed by atoms with Crippen LogP contribution in [0, 0.1) is 11.8 Å². The average Bonchev–Trinajstić information content (AvgIpc) is 1.85. The van der Waals surface area contributed by atoms with Gasteiger partial charge in [0.25, 0.3) is 0 Å². The lowest BCUT2D eigenvalue weighted by Gasteiger charge is -2.37. The summed E-state index contributed by atoms with van der Waals surface area (Å²) in [6.07, 6.45) is 0. The summed E-state index contributed by atoms with van der Waals surface area (Å²) in [6.45, 7) is 11.1. The first-order chi connectivity index (χ1) is 4.45. The van der Waals surface area contributed by atoms with E-state index < -0.39 is 0 Å². The molecule has 0 heterocycles. The fraction of sp³-hybridized carbons (Fsp3) is 1.00. The molecule has 0 amide bonds. The molecule has 0 aromatic rings. The van der Waals surface area contributed by atoms with E-state index in [-0.39, 0.29) is 5.60 Å². The van der Waals surface area contributed by atoms with Crippen LogP contribution in [0.3, 0.4) is 0 Å². The Balaban J connectivity index is 4.23. The van der Waals surface area contributed by atoms with Crippen molar-refractivity contribution in [1.29, 1.82) is 0 Å². The molecule has 0 saturated carbocycles. The summed E-state index contributed by atoms with van der Waals surface area (Å²) in [5.74, 6) is 1.23. The van der Waals surface area contributed by atoms with Crippen LogP contribution in [0.25, 0.3) is 0 Å². The molecule has 0 bridgehead atoms. The monoisotopic (exact) mass is 160 g/mol. The van der Waals surface area contributed by atoms with Crippen molar-refractivity contribution >= 4 is 10.5 Å². The second-order valence-electron chi connectivity index (χ2n) is 3.70. The highest BCUT2D eigenvalue weighted by Gasteiger charge is 2.30. The van der Waals surface area contributed by atoms with Gasteiger partial charge in [-0.25, -0.2) is 0 Å². The van der Waals surface area contributed by atoms with Crippen LogP contribution in [0.1, 0.15) is 34.6 Å². The first kappa shape index (κ1) is 10.2. The number of rotatable bonds is 3. The van der Waals surface area contributed by atoms with Gasteiger partial charge in [0.15, 0.2) is 0 Å². The second kappa shape index (κ2) is 3.53. The molecule has 0 spiro atoms. The lowest BCUT2D eigenvalue weighted by molar-refractivity contribution is 0.00412. The molecule has 0 aromatic heterocycles. The van der Waals surface area contributed by atoms with Gasteiger partial charge in [-0.15, -0.1) is 0 Å². The van der Waals surface area contributed by atoms with E-state index in [1.807, 2.05) is 0 Å². The third kappa shape index (κ3) is 1.83. The smallest absolute Gasteiger partial charge is 0.146 e. The zero-order valence-electron chi connectivity index (χ0n) is 8.06. The van der Waals surface area contributed by atoms with Gasteiger partial charge in [0.05, 0.1) is 5.60 Å². The zero-order chi connectivity index (χ0) is 8.36. The molecule has 0 saturated heterocycles. The first-order valence-corrected chi connectivity index (χ1v) is 4.82. The maximum Gasteiger partial charge on any atom is 0.146 e. The molecule has 62 valence electrons. The Morgan fingerprint density at radius 1 is 1.10 bits per heavy atom. The van der Waals surface area contributed by atoms with E-state index >= 15 is 0 Å². The summed E-state index contributed by atoms with van der Waals surface area (Å²) in [6, 6.07) is 0. The van der Waals surface area contributed by atoms with Crippen molar-refractivity contribution in [2.75, 3.05) is 0 Å². The summed E-state index contributed by atoms with van der Waals surface area (Å²) in [4.78, 5) is 0. The second-order valence-corrected chi connectivity index (χ2v) is 4.11. The number of hydrogen-bond acceptors (Lipinski definition) is 1. The van der Waals surface area contributed by atoms with Gasteiger partial charge in [0.2, 0.25) is 0 Å². The van der Waals surface area contributed by atoms with Crippen LogP contribution in [0.5, 0.6) is 0 Å². The van der Waals surface area contributed by atoms with Gasteiger partial charge in [-0.05, 0) is 18.8 Å². The molecule has 1 nitrogen and oxygen atoms in total. The topological polar surface area (TPSA) is 9.23 Å². The highest BCUT2D eigenvalue weighted by molar-refractivity contribution is 5.98. The van der Waals surface area contributed by atoms with Gasteiger partial charge in [-0.3, -0.25) is 0 Å². The Morgan fingerprint density at radius 3 is 1.40 bits per heavy atom. The summed E-state index contributed by atoms with van der Waals surface area (Å²) in [7, 11) is 0.842. The third-order valence-corrected chi connectivity index (χ3v) is 3.61. The van der Waals surface area contributed by atoms with E-state index in [0.717, 1.165) is 10.5 Å². The lowest BCUT2D eigenvalue weighted by atomic mass is 9.82. The van der Waals surface area contributed by atoms with E-state index in [0.29, 0.717) is 11.8 Å². The highest BCUT2D eigenvalue weighted by atomic mass is 28.2. The molecule has 0 radical (unpaired) electrons. The van der Waals surface area contributed by atoms with Crippen molar-refractivity contribution in [3.63, 3.8) is 0 Å². The molecule has 2 heteroatoms. The maximum atomic E-state index is 5.60. The van der Waals surface area contributed by atoms with E-state index in [1.165, 1.54) is 0 Å². The van der Waals surface area contributed by atoms with Gasteiger partial charge < -0.3 is 4.43 Å². The van der Waals surface area contributed by atoms with E-state index in [1.54, 1.807) is 0 Å². The fourth-order valence-corrected chi connectivity index (χ4v) is 2.08. The molecule has 0 rings (SSSR count). The summed E-state index contributed by atoms with van der Waals surface area (Å²) < 4.78 is 5.60. The van der Waals surface area contributed by atoms with Crippen molar-refractivity contribution in [3.8, 4) is 0 Å². The Hall–Kier alpha value is 0.177. The fourth-order valence-electron chi connectivity index (χ4n) is 1.14. The predicted octanol–water partition coefficient (Wildman–Crippen LogP) is 1.35. The Labute approximate surface area is 67.7 Å². The quantitative estimate of drug-likeness (QED) is 0.566. The van der Waals surface area contributed by atoms with Crippen LogP contribution in [-0.4, -0.2) is 16.1 Å². The third-order valence-electron chi connectivity index (χ3n) is 2.73. The standard InChI is InChI=1S/C8H20OSi/c1-6(2)8(5,9-10)7(3)4/h6-7H,1-5,10H3. The van der Waals surface area contributed by atoms with Crippen LogP contribution in [0.15, 0.2) is 0 Å². The van der Waals surface area contributed by atoms with Gasteiger partial charge in [0, 0.05) is 0 Å². The minimum atomic E-state index is 0.103. The first-order valence-electron chi connectivity index (χ1n) is 4.00. The number of hydrogen-bond donors (Lipinski definition) is 0. The molecular weight excluding hydrogens is 140 g/mol. The lowest BCUT2D eigenvalue weighted by Crippen LogP contribution is -2.39. The molecule has 0 aromatic carbocycles. The van der Waals surface area contributed by atoms with Crippen molar-refractivity contribution in [2.45, 2.75) is 40.2 Å². The van der Waals surface area contributed by atoms with Crippen LogP contribution in [0.2, 0.25) is 0 Å². The van der Waals surface area contributed by atoms with E-state index in [2.05, 4.69) is 34.6 Å². The minimum Gasteiger partial charge on any atom is -0.422 e. The van der Waals surface area contributed by atoms with Crippen LogP contribution >= 0.6 is 0 Å². The zero-order valence-corrected chi connectivity index (χ0v) is 10.1. The molecule has 0 aliphatic rings. The van der Waals surface area contributed by atoms with Gasteiger partial charge in [-0.2, -0.15) is 0 Å². The van der Waals surface area contributed by atoms with Gasteiger partial charge >= 0.3 is 0 Å². The van der Waals surface area contributed by atoms with Crippen molar-refractivity contribution in [2.24, 2.45) is 11.8 Å². The Kier molecular flexibility index (Phi) is 3.60. The molecule has 10 heavy (non-hydrogen) atoms. The molecule has 0 aliphatic heterocycles. The molecule has 0 atom stereocenters. The van der Waals surface area contributed by atoms with Crippen LogP contribution < -0.4 is 0 Å². The molecule has 0 aliphatic carbocycles. The predicted molar refractivity (Wildman–Crippen MR) is 49.1 cm³/mol. The minimum absolute atomic E-state index is 0.103. The molecule has 0 fully saturated rings. The van der Waals surface area contributed by atoms with E-state index in [4.69, 9.17) is 4.43 Å². The van der Waals surface area contributed by atoms with Crippen molar-refractivity contribution < 1.29 is 4.43 Å². The Morgan fingerprint density at radius 2 is 1.40 bits per heavy atom. The van der Waals surface area contributed by atoms with Crippen LogP contribution in [0.4, 0.5) is 0 Å². The summed E-state index contributed by atoms with van der Waals surface area (Å²) in [5, 5.41) is 0. The van der Waals surface area contributed by atoms with E-state index in [9.17, 15) is 0 Å². The van der Waals surface area contributed by atoms with Gasteiger partial charge in [-0.1, -0.05) is 27.7 Å². The largest absolute Gasteiger partial charge is 0.422 e. The van der Waals surface area contributed by atoms with Crippen molar-refractivity contribution in [3.05, 3.63) is 0 Å². The normalized spacial score (nSPS) is 13.5. The molecule has 0 N–H and O–H groups in total. The highest BCUT2D eigenvalue weighted by Crippen LogP contribution is 2.28. The SMILES string of the molecule is CC(C)C(C)(O[SiH3])C(C)C. The van der Waals surface area contributed by atoms with Crippen molar-refractivity contribution in [1.82, 2.24) is 0 Å². The average molecular weight is 160 g/mol. The Bertz CT molecular complexity index is 91.4.